The predicted octanol–water partition coefficient (Wildman–Crippen LogP) is 0.873. The molecule has 0 spiro atoms. The molecule has 2 rings (SSSR count). The Labute approximate surface area is 122 Å². The first-order valence-corrected chi connectivity index (χ1v) is 6.65. The normalized spacial score (nSPS) is 10.4. The second-order valence-corrected chi connectivity index (χ2v) is 4.76. The molecule has 2 aromatic rings. The molecule has 2 aromatic heterocycles. The Hall–Kier alpha value is -2.57. The molecule has 0 fully saturated rings. The van der Waals surface area contributed by atoms with Gasteiger partial charge in [0.25, 0.3) is 5.91 Å². The minimum atomic E-state index is -0.326. The number of amides is 2. The molecule has 2 heterocycles. The molecule has 0 aliphatic carbocycles. The highest BCUT2D eigenvalue weighted by molar-refractivity contribution is 5.81. The molecule has 7 nitrogen and oxygen atoms in total. The summed E-state index contributed by atoms with van der Waals surface area (Å²) in [5.41, 5.74) is 6.48. The maximum atomic E-state index is 11.7. The molecule has 0 aliphatic rings. The molecule has 7 heteroatoms. The summed E-state index contributed by atoms with van der Waals surface area (Å²) in [5.74, 6) is 0.139. The zero-order valence-corrected chi connectivity index (χ0v) is 12.0. The number of carbonyl (C=O) groups is 2. The number of nitrogens with zero attached hydrogens (tertiary/aromatic N) is 2. The van der Waals surface area contributed by atoms with Crippen LogP contribution in [0.4, 0.5) is 0 Å². The van der Waals surface area contributed by atoms with E-state index in [1.807, 2.05) is 19.9 Å². The summed E-state index contributed by atoms with van der Waals surface area (Å²) in [6.45, 7) is 3.80. The third kappa shape index (κ3) is 4.48. The fourth-order valence-corrected chi connectivity index (χ4v) is 1.90. The number of hydrogen-bond acceptors (Lipinski definition) is 4. The van der Waals surface area contributed by atoms with Crippen molar-refractivity contribution in [2.75, 3.05) is 0 Å². The predicted molar refractivity (Wildman–Crippen MR) is 75.0 cm³/mol. The molecule has 112 valence electrons. The highest BCUT2D eigenvalue weighted by Crippen LogP contribution is 2.03. The van der Waals surface area contributed by atoms with Gasteiger partial charge >= 0.3 is 0 Å². The SMILES string of the molecule is Cc1cc(C)n(CC(=O)NNC(=O)CCc2ccco2)n1. The first-order chi connectivity index (χ1) is 10.0. The average Bonchev–Trinajstić information content (AvgIpc) is 3.04. The van der Waals surface area contributed by atoms with E-state index >= 15 is 0 Å². The van der Waals surface area contributed by atoms with Crippen LogP contribution in [0.15, 0.2) is 28.9 Å². The Morgan fingerprint density at radius 1 is 1.29 bits per heavy atom. The molecule has 21 heavy (non-hydrogen) atoms. The van der Waals surface area contributed by atoms with Crippen LogP contribution in [0.3, 0.4) is 0 Å². The van der Waals surface area contributed by atoms with Gasteiger partial charge in [0.05, 0.1) is 12.0 Å². The topological polar surface area (TPSA) is 89.2 Å². The first kappa shape index (κ1) is 14.8. The minimum absolute atomic E-state index is 0.0676. The Morgan fingerprint density at radius 3 is 2.67 bits per heavy atom. The van der Waals surface area contributed by atoms with Crippen molar-refractivity contribution >= 4 is 11.8 Å². The quantitative estimate of drug-likeness (QED) is 0.800. The molecular weight excluding hydrogens is 272 g/mol. The van der Waals surface area contributed by atoms with Crippen LogP contribution >= 0.6 is 0 Å². The average molecular weight is 290 g/mol. The molecule has 2 amide bonds. The fraction of sp³-hybridized carbons (Fsp3) is 0.357. The van der Waals surface area contributed by atoms with E-state index in [1.54, 1.807) is 23.1 Å². The summed E-state index contributed by atoms with van der Waals surface area (Å²) >= 11 is 0. The van der Waals surface area contributed by atoms with E-state index in [-0.39, 0.29) is 24.8 Å². The summed E-state index contributed by atoms with van der Waals surface area (Å²) in [7, 11) is 0. The van der Waals surface area contributed by atoms with Gasteiger partial charge in [0.1, 0.15) is 12.3 Å². The fourth-order valence-electron chi connectivity index (χ4n) is 1.90. The number of aromatic nitrogens is 2. The van der Waals surface area contributed by atoms with Crippen LogP contribution in [-0.2, 0) is 22.6 Å². The maximum absolute atomic E-state index is 11.7. The van der Waals surface area contributed by atoms with Crippen molar-refractivity contribution < 1.29 is 14.0 Å². The molecule has 0 atom stereocenters. The van der Waals surface area contributed by atoms with Gasteiger partial charge in [0.15, 0.2) is 0 Å². The van der Waals surface area contributed by atoms with Crippen LogP contribution < -0.4 is 10.9 Å². The summed E-state index contributed by atoms with van der Waals surface area (Å²) in [4.78, 5) is 23.3. The molecule has 0 bridgehead atoms. The largest absolute Gasteiger partial charge is 0.469 e. The van der Waals surface area contributed by atoms with Gasteiger partial charge in [-0.3, -0.25) is 25.1 Å². The molecule has 2 N–H and O–H groups in total. The molecule has 0 aliphatic heterocycles. The van der Waals surface area contributed by atoms with E-state index in [1.165, 1.54) is 0 Å². The first-order valence-electron chi connectivity index (χ1n) is 6.65. The van der Waals surface area contributed by atoms with Crippen LogP contribution in [0.1, 0.15) is 23.6 Å². The molecular formula is C14H18N4O3. The van der Waals surface area contributed by atoms with E-state index in [0.717, 1.165) is 17.1 Å². The van der Waals surface area contributed by atoms with Crippen LogP contribution in [0, 0.1) is 13.8 Å². The van der Waals surface area contributed by atoms with Crippen molar-refractivity contribution in [2.24, 2.45) is 0 Å². The lowest BCUT2D eigenvalue weighted by molar-refractivity contribution is -0.129. The number of carbonyl (C=O) groups excluding carboxylic acids is 2. The van der Waals surface area contributed by atoms with Gasteiger partial charge in [0, 0.05) is 18.5 Å². The monoisotopic (exact) mass is 290 g/mol. The van der Waals surface area contributed by atoms with Crippen LogP contribution in [0.5, 0.6) is 0 Å². The van der Waals surface area contributed by atoms with Crippen molar-refractivity contribution in [1.29, 1.82) is 0 Å². The third-order valence-electron chi connectivity index (χ3n) is 2.92. The van der Waals surface area contributed by atoms with Gasteiger partial charge in [-0.15, -0.1) is 0 Å². The van der Waals surface area contributed by atoms with Crippen molar-refractivity contribution in [2.45, 2.75) is 33.2 Å². The van der Waals surface area contributed by atoms with Gasteiger partial charge in [-0.25, -0.2) is 0 Å². The second kappa shape index (κ2) is 6.74. The molecule has 0 aromatic carbocycles. The number of hydrazine groups is 1. The summed E-state index contributed by atoms with van der Waals surface area (Å²) < 4.78 is 6.71. The lowest BCUT2D eigenvalue weighted by atomic mass is 10.2. The van der Waals surface area contributed by atoms with E-state index in [4.69, 9.17) is 4.42 Å². The Kier molecular flexibility index (Phi) is 4.76. The van der Waals surface area contributed by atoms with Gasteiger partial charge < -0.3 is 4.42 Å². The number of rotatable bonds is 5. The van der Waals surface area contributed by atoms with E-state index in [2.05, 4.69) is 16.0 Å². The highest BCUT2D eigenvalue weighted by Gasteiger charge is 2.09. The van der Waals surface area contributed by atoms with E-state index in [9.17, 15) is 9.59 Å². The highest BCUT2D eigenvalue weighted by atomic mass is 16.3. The lowest BCUT2D eigenvalue weighted by Crippen LogP contribution is -2.43. The molecule has 0 saturated heterocycles. The molecule has 0 saturated carbocycles. The molecule has 0 radical (unpaired) electrons. The summed E-state index contributed by atoms with van der Waals surface area (Å²) in [5, 5.41) is 4.18. The zero-order chi connectivity index (χ0) is 15.2. The van der Waals surface area contributed by atoms with Crippen molar-refractivity contribution in [3.8, 4) is 0 Å². The summed E-state index contributed by atoms with van der Waals surface area (Å²) in [6, 6.07) is 5.45. The van der Waals surface area contributed by atoms with Crippen LogP contribution in [-0.4, -0.2) is 21.6 Å². The number of furan rings is 1. The van der Waals surface area contributed by atoms with E-state index in [0.29, 0.717) is 6.42 Å². The maximum Gasteiger partial charge on any atom is 0.260 e. The van der Waals surface area contributed by atoms with Gasteiger partial charge in [-0.1, -0.05) is 0 Å². The van der Waals surface area contributed by atoms with Crippen LogP contribution in [0.2, 0.25) is 0 Å². The van der Waals surface area contributed by atoms with Crippen molar-refractivity contribution in [1.82, 2.24) is 20.6 Å². The van der Waals surface area contributed by atoms with Crippen LogP contribution in [0.25, 0.3) is 0 Å². The minimum Gasteiger partial charge on any atom is -0.469 e. The Bertz CT molecular complexity index is 616. The smallest absolute Gasteiger partial charge is 0.260 e. The van der Waals surface area contributed by atoms with Gasteiger partial charge in [-0.05, 0) is 32.0 Å². The third-order valence-corrected chi connectivity index (χ3v) is 2.92. The van der Waals surface area contributed by atoms with Gasteiger partial charge in [0.2, 0.25) is 5.91 Å². The molecule has 0 unspecified atom stereocenters. The zero-order valence-electron chi connectivity index (χ0n) is 12.0. The summed E-state index contributed by atoms with van der Waals surface area (Å²) in [6.07, 6.45) is 2.29. The van der Waals surface area contributed by atoms with Crippen molar-refractivity contribution in [3.05, 3.63) is 41.6 Å². The van der Waals surface area contributed by atoms with Crippen molar-refractivity contribution in [3.63, 3.8) is 0 Å². The van der Waals surface area contributed by atoms with E-state index < -0.39 is 0 Å². The number of hydrogen-bond donors (Lipinski definition) is 2. The Morgan fingerprint density at radius 2 is 2.05 bits per heavy atom. The number of nitrogens with one attached hydrogen (secondary N) is 2. The Balaban J connectivity index is 1.71. The standard InChI is InChI=1S/C14H18N4O3/c1-10-8-11(2)18(17-10)9-14(20)16-15-13(19)6-5-12-4-3-7-21-12/h3-4,7-8H,5-6,9H2,1-2H3,(H,15,19)(H,16,20). The number of aryl methyl sites for hydroxylation is 3. The lowest BCUT2D eigenvalue weighted by Gasteiger charge is -2.08. The van der Waals surface area contributed by atoms with Gasteiger partial charge in [-0.2, -0.15) is 5.10 Å². The second-order valence-electron chi connectivity index (χ2n) is 4.76.